The van der Waals surface area contributed by atoms with Crippen LogP contribution in [0, 0.1) is 6.92 Å². The van der Waals surface area contributed by atoms with E-state index in [4.69, 9.17) is 0 Å². The molecule has 0 saturated carbocycles. The Morgan fingerprint density at radius 2 is 1.74 bits per heavy atom. The van der Waals surface area contributed by atoms with Crippen LogP contribution >= 0.6 is 11.8 Å². The van der Waals surface area contributed by atoms with Crippen LogP contribution in [-0.2, 0) is 11.3 Å². The summed E-state index contributed by atoms with van der Waals surface area (Å²) in [5.41, 5.74) is 3.42. The Kier molecular flexibility index (Phi) is 6.72. The summed E-state index contributed by atoms with van der Waals surface area (Å²) in [4.78, 5) is 17.1. The molecule has 0 atom stereocenters. The van der Waals surface area contributed by atoms with Crippen molar-refractivity contribution in [3.63, 3.8) is 0 Å². The van der Waals surface area contributed by atoms with Crippen LogP contribution in [0.2, 0.25) is 0 Å². The van der Waals surface area contributed by atoms with Crippen molar-refractivity contribution in [2.24, 2.45) is 0 Å². The summed E-state index contributed by atoms with van der Waals surface area (Å²) in [5.74, 6) is 1.29. The number of benzene rings is 2. The second kappa shape index (κ2) is 9.83. The third-order valence-corrected chi connectivity index (χ3v) is 6.37. The maximum atomic E-state index is 12.8. The van der Waals surface area contributed by atoms with Crippen molar-refractivity contribution < 1.29 is 4.79 Å². The Labute approximate surface area is 187 Å². The molecule has 0 unspecified atom stereocenters. The van der Waals surface area contributed by atoms with E-state index in [0.29, 0.717) is 12.3 Å². The van der Waals surface area contributed by atoms with E-state index in [1.54, 1.807) is 0 Å². The molecule has 2 aromatic carbocycles. The Morgan fingerprint density at radius 1 is 1.03 bits per heavy atom. The van der Waals surface area contributed by atoms with Crippen molar-refractivity contribution in [1.82, 2.24) is 19.7 Å². The summed E-state index contributed by atoms with van der Waals surface area (Å²) >= 11 is 1.44. The molecule has 1 aliphatic heterocycles. The molecule has 3 aromatic rings. The van der Waals surface area contributed by atoms with E-state index in [2.05, 4.69) is 52.9 Å². The van der Waals surface area contributed by atoms with Gasteiger partial charge in [-0.25, -0.2) is 0 Å². The van der Waals surface area contributed by atoms with Gasteiger partial charge in [-0.2, -0.15) is 0 Å². The Bertz CT molecular complexity index is 1020. The number of anilines is 1. The van der Waals surface area contributed by atoms with Gasteiger partial charge in [0.2, 0.25) is 5.91 Å². The fourth-order valence-electron chi connectivity index (χ4n) is 3.68. The van der Waals surface area contributed by atoms with Crippen LogP contribution in [0.5, 0.6) is 0 Å². The predicted octanol–water partition coefficient (Wildman–Crippen LogP) is 3.88. The van der Waals surface area contributed by atoms with Gasteiger partial charge in [-0.15, -0.1) is 16.8 Å². The second-order valence-electron chi connectivity index (χ2n) is 7.56. The van der Waals surface area contributed by atoms with Crippen molar-refractivity contribution in [3.8, 4) is 11.4 Å². The minimum Gasteiger partial charge on any atom is -0.368 e. The number of amides is 1. The second-order valence-corrected chi connectivity index (χ2v) is 8.51. The minimum atomic E-state index is 0.141. The Morgan fingerprint density at radius 3 is 2.42 bits per heavy atom. The minimum absolute atomic E-state index is 0.141. The quantitative estimate of drug-likeness (QED) is 0.418. The van der Waals surface area contributed by atoms with Gasteiger partial charge in [-0.1, -0.05) is 65.9 Å². The third kappa shape index (κ3) is 4.99. The standard InChI is InChI=1S/C24H27N5OS/c1-3-13-29-23(20-11-9-19(2)10-12-20)25-26-24(29)31-18-22(30)28-16-14-27(15-17-28)21-7-5-4-6-8-21/h3-12H,1,13-18H2,2H3. The van der Waals surface area contributed by atoms with Crippen LogP contribution in [0.4, 0.5) is 5.69 Å². The van der Waals surface area contributed by atoms with Gasteiger partial charge in [0.25, 0.3) is 0 Å². The normalized spacial score (nSPS) is 14.0. The van der Waals surface area contributed by atoms with Gasteiger partial charge in [0.05, 0.1) is 5.75 Å². The summed E-state index contributed by atoms with van der Waals surface area (Å²) in [7, 11) is 0. The lowest BCUT2D eigenvalue weighted by molar-refractivity contribution is -0.128. The molecule has 1 saturated heterocycles. The first-order valence-corrected chi connectivity index (χ1v) is 11.5. The van der Waals surface area contributed by atoms with Crippen LogP contribution in [0.3, 0.4) is 0 Å². The lowest BCUT2D eigenvalue weighted by atomic mass is 10.1. The van der Waals surface area contributed by atoms with E-state index in [1.165, 1.54) is 23.0 Å². The van der Waals surface area contributed by atoms with Crippen LogP contribution in [0.25, 0.3) is 11.4 Å². The zero-order valence-corrected chi connectivity index (χ0v) is 18.6. The van der Waals surface area contributed by atoms with Crippen molar-refractivity contribution >= 4 is 23.4 Å². The molecule has 1 aliphatic rings. The zero-order chi connectivity index (χ0) is 21.6. The maximum Gasteiger partial charge on any atom is 0.233 e. The number of thioether (sulfide) groups is 1. The van der Waals surface area contributed by atoms with Crippen molar-refractivity contribution in [1.29, 1.82) is 0 Å². The van der Waals surface area contributed by atoms with Crippen molar-refractivity contribution in [2.45, 2.75) is 18.6 Å². The van der Waals surface area contributed by atoms with E-state index in [1.807, 2.05) is 45.9 Å². The third-order valence-electron chi connectivity index (χ3n) is 5.42. The molecule has 31 heavy (non-hydrogen) atoms. The van der Waals surface area contributed by atoms with E-state index in [0.717, 1.165) is 42.7 Å². The SMILES string of the molecule is C=CCn1c(SCC(=O)N2CCN(c3ccccc3)CC2)nnc1-c1ccc(C)cc1. The number of para-hydroxylation sites is 1. The van der Waals surface area contributed by atoms with Gasteiger partial charge >= 0.3 is 0 Å². The van der Waals surface area contributed by atoms with Gasteiger partial charge in [-0.05, 0) is 19.1 Å². The number of aryl methyl sites for hydroxylation is 1. The van der Waals surface area contributed by atoms with E-state index in [-0.39, 0.29) is 5.91 Å². The molecular weight excluding hydrogens is 406 g/mol. The molecule has 0 radical (unpaired) electrons. The Hall–Kier alpha value is -3.06. The van der Waals surface area contributed by atoms with Crippen LogP contribution in [0.15, 0.2) is 72.4 Å². The smallest absolute Gasteiger partial charge is 0.233 e. The predicted molar refractivity (Wildman–Crippen MR) is 126 cm³/mol. The molecule has 7 heteroatoms. The largest absolute Gasteiger partial charge is 0.368 e. The maximum absolute atomic E-state index is 12.8. The van der Waals surface area contributed by atoms with Crippen LogP contribution < -0.4 is 4.90 Å². The summed E-state index contributed by atoms with van der Waals surface area (Å²) in [6.45, 7) is 9.70. The highest BCUT2D eigenvalue weighted by Gasteiger charge is 2.22. The lowest BCUT2D eigenvalue weighted by Gasteiger charge is -2.36. The van der Waals surface area contributed by atoms with Crippen molar-refractivity contribution in [3.05, 3.63) is 72.8 Å². The molecule has 4 rings (SSSR count). The monoisotopic (exact) mass is 433 g/mol. The fraction of sp³-hybridized carbons (Fsp3) is 0.292. The number of carbonyl (C=O) groups is 1. The average molecular weight is 434 g/mol. The molecule has 6 nitrogen and oxygen atoms in total. The van der Waals surface area contributed by atoms with Crippen LogP contribution in [-0.4, -0.2) is 57.5 Å². The molecule has 0 N–H and O–H groups in total. The number of hydrogen-bond acceptors (Lipinski definition) is 5. The lowest BCUT2D eigenvalue weighted by Crippen LogP contribution is -2.49. The number of allylic oxidation sites excluding steroid dienone is 1. The average Bonchev–Trinajstić information content (AvgIpc) is 3.21. The molecule has 0 bridgehead atoms. The highest BCUT2D eigenvalue weighted by atomic mass is 32.2. The topological polar surface area (TPSA) is 54.3 Å². The highest BCUT2D eigenvalue weighted by molar-refractivity contribution is 7.99. The molecule has 1 fully saturated rings. The summed E-state index contributed by atoms with van der Waals surface area (Å²) < 4.78 is 2.02. The highest BCUT2D eigenvalue weighted by Crippen LogP contribution is 2.25. The molecular formula is C24H27N5OS. The number of carbonyl (C=O) groups excluding carboxylic acids is 1. The summed E-state index contributed by atoms with van der Waals surface area (Å²) in [6.07, 6.45) is 1.83. The molecule has 0 spiro atoms. The first-order chi connectivity index (χ1) is 15.2. The number of rotatable bonds is 7. The van der Waals surface area contributed by atoms with E-state index >= 15 is 0 Å². The molecule has 160 valence electrons. The van der Waals surface area contributed by atoms with Crippen LogP contribution in [0.1, 0.15) is 5.56 Å². The first kappa shape index (κ1) is 21.2. The van der Waals surface area contributed by atoms with Gasteiger partial charge in [0.15, 0.2) is 11.0 Å². The number of piperazine rings is 1. The molecule has 1 amide bonds. The van der Waals surface area contributed by atoms with Crippen molar-refractivity contribution in [2.75, 3.05) is 36.8 Å². The zero-order valence-electron chi connectivity index (χ0n) is 17.8. The summed E-state index contributed by atoms with van der Waals surface area (Å²) in [5, 5.41) is 9.48. The summed E-state index contributed by atoms with van der Waals surface area (Å²) in [6, 6.07) is 18.6. The molecule has 1 aromatic heterocycles. The van der Waals surface area contributed by atoms with E-state index in [9.17, 15) is 4.79 Å². The number of aromatic nitrogens is 3. The molecule has 0 aliphatic carbocycles. The van der Waals surface area contributed by atoms with Gasteiger partial charge in [0.1, 0.15) is 0 Å². The van der Waals surface area contributed by atoms with Gasteiger partial charge in [0, 0.05) is 44.0 Å². The Balaban J connectivity index is 1.37. The number of nitrogens with zero attached hydrogens (tertiary/aromatic N) is 5. The molecule has 2 heterocycles. The fourth-order valence-corrected chi connectivity index (χ4v) is 4.53. The van der Waals surface area contributed by atoms with Gasteiger partial charge in [-0.3, -0.25) is 9.36 Å². The van der Waals surface area contributed by atoms with Gasteiger partial charge < -0.3 is 9.80 Å². The van der Waals surface area contributed by atoms with E-state index < -0.39 is 0 Å². The first-order valence-electron chi connectivity index (χ1n) is 10.5. The number of hydrogen-bond donors (Lipinski definition) is 0.